The van der Waals surface area contributed by atoms with Crippen molar-refractivity contribution in [2.45, 2.75) is 11.3 Å². The van der Waals surface area contributed by atoms with Gasteiger partial charge < -0.3 is 5.32 Å². The molecule has 0 saturated carbocycles. The number of amides is 1. The number of Topliss-reactive ketones (excluding diaryl/α,β-unsaturated/α-hetero) is 2. The van der Waals surface area contributed by atoms with Gasteiger partial charge in [-0.05, 0) is 12.1 Å². The van der Waals surface area contributed by atoms with E-state index < -0.39 is 49.4 Å². The highest BCUT2D eigenvalue weighted by Gasteiger charge is 2.39. The quantitative estimate of drug-likeness (QED) is 0.349. The van der Waals surface area contributed by atoms with Crippen molar-refractivity contribution in [1.29, 1.82) is 0 Å². The van der Waals surface area contributed by atoms with Crippen molar-refractivity contribution >= 4 is 33.0 Å². The minimum atomic E-state index is -3.71. The Bertz CT molecular complexity index is 813. The number of carbonyl (C=O) groups is 3. The molecule has 1 fully saturated rings. The van der Waals surface area contributed by atoms with E-state index in [1.807, 2.05) is 0 Å². The van der Waals surface area contributed by atoms with E-state index in [1.165, 1.54) is 0 Å². The number of sulfone groups is 1. The monoisotopic (exact) mass is 340 g/mol. The summed E-state index contributed by atoms with van der Waals surface area (Å²) in [7, 11) is -3.71. The number of ketones is 2. The molecule has 0 spiro atoms. The highest BCUT2D eigenvalue weighted by Crippen LogP contribution is 2.26. The van der Waals surface area contributed by atoms with E-state index in [2.05, 4.69) is 5.32 Å². The van der Waals surface area contributed by atoms with E-state index in [0.717, 1.165) is 24.5 Å². The zero-order valence-corrected chi connectivity index (χ0v) is 12.8. The van der Waals surface area contributed by atoms with Crippen LogP contribution in [-0.2, 0) is 19.4 Å². The summed E-state index contributed by atoms with van der Waals surface area (Å²) in [6, 6.07) is 2.72. The number of carbonyl (C=O) groups excluding carboxylic acids is 3. The highest BCUT2D eigenvalue weighted by atomic mass is 32.2. The first-order chi connectivity index (χ1) is 10.6. The van der Waals surface area contributed by atoms with E-state index in [0.29, 0.717) is 0 Å². The van der Waals surface area contributed by atoms with Crippen molar-refractivity contribution in [1.82, 2.24) is 5.32 Å². The van der Waals surface area contributed by atoms with Gasteiger partial charge in [-0.3, -0.25) is 24.5 Å². The summed E-state index contributed by atoms with van der Waals surface area (Å²) in [6.45, 7) is 0.108. The Morgan fingerprint density at radius 1 is 1.35 bits per heavy atom. The number of benzene rings is 1. The number of nitro groups is 1. The van der Waals surface area contributed by atoms with Crippen LogP contribution >= 0.6 is 0 Å². The van der Waals surface area contributed by atoms with Crippen LogP contribution in [0, 0.1) is 16.0 Å². The fourth-order valence-electron chi connectivity index (χ4n) is 2.22. The van der Waals surface area contributed by atoms with Gasteiger partial charge in [-0.25, -0.2) is 8.42 Å². The Labute approximate surface area is 130 Å². The molecule has 1 aliphatic rings. The molecule has 122 valence electrons. The first-order valence-corrected chi connectivity index (χ1v) is 8.35. The molecule has 9 nitrogen and oxygen atoms in total. The lowest BCUT2D eigenvalue weighted by Crippen LogP contribution is -2.46. The maximum atomic E-state index is 12.4. The first-order valence-electron chi connectivity index (χ1n) is 6.46. The number of hydrogen-bond donors (Lipinski definition) is 1. The molecular formula is C13H12N2O7S. The van der Waals surface area contributed by atoms with Crippen molar-refractivity contribution < 1.29 is 27.7 Å². The molecule has 1 atom stereocenters. The number of nitro benzene ring substituents is 1. The third-order valence-corrected chi connectivity index (χ3v) is 4.49. The summed E-state index contributed by atoms with van der Waals surface area (Å²) in [5, 5.41) is 13.5. The Kier molecular flexibility index (Phi) is 4.28. The van der Waals surface area contributed by atoms with Gasteiger partial charge >= 0.3 is 0 Å². The maximum absolute atomic E-state index is 12.4. The molecule has 1 N–H and O–H groups in total. The lowest BCUT2D eigenvalue weighted by molar-refractivity contribution is -0.385. The van der Waals surface area contributed by atoms with Crippen LogP contribution in [0.2, 0.25) is 0 Å². The molecular weight excluding hydrogens is 328 g/mol. The van der Waals surface area contributed by atoms with Gasteiger partial charge in [-0.15, -0.1) is 0 Å². The first kappa shape index (κ1) is 16.7. The molecule has 1 saturated heterocycles. The molecule has 0 aromatic heterocycles. The topological polar surface area (TPSA) is 141 Å². The Balaban J connectivity index is 2.54. The summed E-state index contributed by atoms with van der Waals surface area (Å²) < 4.78 is 22.9. The number of rotatable bonds is 4. The molecule has 0 bridgehead atoms. The molecule has 1 aliphatic heterocycles. The van der Waals surface area contributed by atoms with Crippen molar-refractivity contribution in [2.75, 3.05) is 12.8 Å². The van der Waals surface area contributed by atoms with Gasteiger partial charge in [0.25, 0.3) is 5.69 Å². The Hall–Kier alpha value is -2.62. The van der Waals surface area contributed by atoms with Crippen molar-refractivity contribution in [3.05, 3.63) is 33.9 Å². The van der Waals surface area contributed by atoms with Gasteiger partial charge in [0.15, 0.2) is 27.3 Å². The van der Waals surface area contributed by atoms with Gasteiger partial charge in [-0.2, -0.15) is 0 Å². The van der Waals surface area contributed by atoms with Crippen molar-refractivity contribution in [2.24, 2.45) is 5.92 Å². The van der Waals surface area contributed by atoms with Gasteiger partial charge in [-0.1, -0.05) is 0 Å². The second-order valence-corrected chi connectivity index (χ2v) is 7.03. The van der Waals surface area contributed by atoms with Crippen LogP contribution in [0.25, 0.3) is 0 Å². The summed E-state index contributed by atoms with van der Waals surface area (Å²) >= 11 is 0. The van der Waals surface area contributed by atoms with E-state index in [-0.39, 0.29) is 17.9 Å². The smallest absolute Gasteiger partial charge is 0.281 e. The molecule has 1 unspecified atom stereocenters. The summed E-state index contributed by atoms with van der Waals surface area (Å²) in [4.78, 5) is 45.7. The molecule has 1 aromatic rings. The minimum absolute atomic E-state index is 0.0443. The average molecular weight is 340 g/mol. The van der Waals surface area contributed by atoms with Crippen LogP contribution in [0.4, 0.5) is 5.69 Å². The molecule has 1 aromatic carbocycles. The lowest BCUT2D eigenvalue weighted by atomic mass is 9.88. The van der Waals surface area contributed by atoms with Gasteiger partial charge in [0.05, 0.1) is 15.4 Å². The molecule has 2 rings (SSSR count). The SMILES string of the molecule is CS(=O)(=O)c1ccc(C(=O)C2C(=O)CCNC2=O)c([N+](=O)[O-])c1. The van der Waals surface area contributed by atoms with Crippen LogP contribution in [0.5, 0.6) is 0 Å². The zero-order valence-electron chi connectivity index (χ0n) is 11.9. The lowest BCUT2D eigenvalue weighted by Gasteiger charge is -2.19. The molecule has 10 heteroatoms. The summed E-state index contributed by atoms with van der Waals surface area (Å²) in [6.07, 6.45) is 0.822. The number of nitrogens with one attached hydrogen (secondary N) is 1. The predicted octanol–water partition coefficient (Wildman–Crippen LogP) is -0.114. The van der Waals surface area contributed by atoms with Gasteiger partial charge in [0.2, 0.25) is 5.91 Å². The van der Waals surface area contributed by atoms with E-state index in [9.17, 15) is 32.9 Å². The summed E-state index contributed by atoms with van der Waals surface area (Å²) in [5.41, 5.74) is -1.23. The average Bonchev–Trinajstić information content (AvgIpc) is 2.45. The largest absolute Gasteiger partial charge is 0.355 e. The predicted molar refractivity (Wildman–Crippen MR) is 76.7 cm³/mol. The van der Waals surface area contributed by atoms with Crippen LogP contribution in [-0.4, -0.2) is 43.6 Å². The van der Waals surface area contributed by atoms with Crippen LogP contribution in [0.15, 0.2) is 23.1 Å². The van der Waals surface area contributed by atoms with Gasteiger partial charge in [0.1, 0.15) is 0 Å². The fourth-order valence-corrected chi connectivity index (χ4v) is 2.86. The number of piperidine rings is 1. The van der Waals surface area contributed by atoms with Crippen molar-refractivity contribution in [3.8, 4) is 0 Å². The van der Waals surface area contributed by atoms with Gasteiger partial charge in [0, 0.05) is 25.3 Å². The van der Waals surface area contributed by atoms with E-state index in [4.69, 9.17) is 0 Å². The van der Waals surface area contributed by atoms with E-state index >= 15 is 0 Å². The molecule has 23 heavy (non-hydrogen) atoms. The minimum Gasteiger partial charge on any atom is -0.355 e. The highest BCUT2D eigenvalue weighted by molar-refractivity contribution is 7.90. The summed E-state index contributed by atoms with van der Waals surface area (Å²) in [5.74, 6) is -4.10. The standard InChI is InChI=1S/C13H12N2O7S/c1-23(21,22)7-2-3-8(9(6-7)15(19)20)12(17)11-10(16)4-5-14-13(11)18/h2-3,6,11H,4-5H2,1H3,(H,14,18). The second kappa shape index (κ2) is 5.88. The maximum Gasteiger partial charge on any atom is 0.281 e. The fraction of sp³-hybridized carbons (Fsp3) is 0.308. The molecule has 0 aliphatic carbocycles. The molecule has 0 radical (unpaired) electrons. The van der Waals surface area contributed by atoms with Crippen molar-refractivity contribution in [3.63, 3.8) is 0 Å². The normalized spacial score (nSPS) is 18.4. The molecule has 1 amide bonds. The Morgan fingerprint density at radius 3 is 2.52 bits per heavy atom. The number of hydrogen-bond acceptors (Lipinski definition) is 7. The number of nitrogens with zero attached hydrogens (tertiary/aromatic N) is 1. The molecule has 1 heterocycles. The zero-order chi connectivity index (χ0) is 17.4. The third-order valence-electron chi connectivity index (χ3n) is 3.38. The third kappa shape index (κ3) is 3.26. The van der Waals surface area contributed by atoms with Crippen LogP contribution < -0.4 is 5.32 Å². The van der Waals surface area contributed by atoms with Crippen LogP contribution in [0.1, 0.15) is 16.8 Å². The van der Waals surface area contributed by atoms with E-state index in [1.54, 1.807) is 0 Å². The van der Waals surface area contributed by atoms with Crippen LogP contribution in [0.3, 0.4) is 0 Å². The second-order valence-electron chi connectivity index (χ2n) is 5.01. The Morgan fingerprint density at radius 2 is 2.00 bits per heavy atom.